The Morgan fingerprint density at radius 1 is 1.04 bits per heavy atom. The number of esters is 1. The normalized spacial score (nSPS) is 10.5. The third-order valence-corrected chi connectivity index (χ3v) is 3.58. The molecule has 5 nitrogen and oxygen atoms in total. The van der Waals surface area contributed by atoms with Crippen LogP contribution in [0, 0.1) is 6.92 Å². The molecule has 2 aromatic carbocycles. The molecule has 0 radical (unpaired) electrons. The average Bonchev–Trinajstić information content (AvgIpc) is 2.98. The molecule has 0 saturated heterocycles. The lowest BCUT2D eigenvalue weighted by atomic mass is 10.2. The fourth-order valence-electron chi connectivity index (χ4n) is 2.38. The Hall–Kier alpha value is -3.08. The number of hydrogen-bond donors (Lipinski definition) is 2. The van der Waals surface area contributed by atoms with Crippen LogP contribution in [0.2, 0.25) is 0 Å². The molecule has 0 atom stereocenters. The lowest BCUT2D eigenvalue weighted by molar-refractivity contribution is 0.0600. The Labute approximate surface area is 133 Å². The number of aryl methyl sites for hydroxylation is 1. The number of anilines is 1. The summed E-state index contributed by atoms with van der Waals surface area (Å²) in [6.07, 6.45) is 0. The predicted octanol–water partition coefficient (Wildman–Crippen LogP) is 3.52. The molecule has 0 unspecified atom stereocenters. The molecule has 1 heterocycles. The van der Waals surface area contributed by atoms with Crippen molar-refractivity contribution >= 4 is 28.5 Å². The predicted molar refractivity (Wildman–Crippen MR) is 88.8 cm³/mol. The fraction of sp³-hybridized carbons (Fsp3) is 0.111. The molecule has 2 N–H and O–H groups in total. The van der Waals surface area contributed by atoms with Crippen LogP contribution in [-0.2, 0) is 4.74 Å². The minimum Gasteiger partial charge on any atom is -0.465 e. The first kappa shape index (κ1) is 14.8. The van der Waals surface area contributed by atoms with Crippen LogP contribution in [0.25, 0.3) is 10.9 Å². The summed E-state index contributed by atoms with van der Waals surface area (Å²) in [5.74, 6) is -0.640. The number of hydrogen-bond acceptors (Lipinski definition) is 3. The van der Waals surface area contributed by atoms with E-state index in [4.69, 9.17) is 0 Å². The Bertz CT molecular complexity index is 879. The summed E-state index contributed by atoms with van der Waals surface area (Å²) < 4.78 is 4.64. The topological polar surface area (TPSA) is 71.2 Å². The van der Waals surface area contributed by atoms with E-state index >= 15 is 0 Å². The van der Waals surface area contributed by atoms with Crippen LogP contribution >= 0.6 is 0 Å². The Kier molecular flexibility index (Phi) is 3.85. The van der Waals surface area contributed by atoms with E-state index in [1.165, 1.54) is 7.11 Å². The Balaban J connectivity index is 1.78. The minimum absolute atomic E-state index is 0.232. The summed E-state index contributed by atoms with van der Waals surface area (Å²) in [6, 6.07) is 14.3. The number of aromatic nitrogens is 1. The third-order valence-electron chi connectivity index (χ3n) is 3.58. The van der Waals surface area contributed by atoms with Crippen molar-refractivity contribution in [2.45, 2.75) is 6.92 Å². The van der Waals surface area contributed by atoms with Crippen LogP contribution in [0.15, 0.2) is 48.5 Å². The monoisotopic (exact) mass is 308 g/mol. The summed E-state index contributed by atoms with van der Waals surface area (Å²) >= 11 is 0. The molecule has 0 bridgehead atoms. The maximum Gasteiger partial charge on any atom is 0.337 e. The molecule has 116 valence electrons. The van der Waals surface area contributed by atoms with Crippen molar-refractivity contribution in [3.8, 4) is 0 Å². The van der Waals surface area contributed by atoms with Gasteiger partial charge in [0.05, 0.1) is 12.7 Å². The molecule has 0 aliphatic carbocycles. The average molecular weight is 308 g/mol. The molecule has 0 spiro atoms. The Morgan fingerprint density at radius 2 is 1.78 bits per heavy atom. The quantitative estimate of drug-likeness (QED) is 0.727. The van der Waals surface area contributed by atoms with Gasteiger partial charge in [0, 0.05) is 16.6 Å². The zero-order valence-corrected chi connectivity index (χ0v) is 12.8. The van der Waals surface area contributed by atoms with E-state index in [2.05, 4.69) is 15.0 Å². The van der Waals surface area contributed by atoms with E-state index < -0.39 is 5.97 Å². The molecule has 0 saturated carbocycles. The van der Waals surface area contributed by atoms with Gasteiger partial charge in [0.2, 0.25) is 0 Å². The molecule has 0 aliphatic heterocycles. The summed E-state index contributed by atoms with van der Waals surface area (Å²) in [6.45, 7) is 2.01. The summed E-state index contributed by atoms with van der Waals surface area (Å²) in [4.78, 5) is 26.8. The molecule has 5 heteroatoms. The van der Waals surface area contributed by atoms with Crippen molar-refractivity contribution in [2.75, 3.05) is 12.4 Å². The van der Waals surface area contributed by atoms with Gasteiger partial charge in [-0.1, -0.05) is 11.6 Å². The van der Waals surface area contributed by atoms with E-state index in [-0.39, 0.29) is 5.91 Å². The van der Waals surface area contributed by atoms with Gasteiger partial charge in [-0.3, -0.25) is 4.79 Å². The molecular formula is C18H16N2O3. The largest absolute Gasteiger partial charge is 0.465 e. The highest BCUT2D eigenvalue weighted by molar-refractivity contribution is 6.06. The second-order valence-corrected chi connectivity index (χ2v) is 5.30. The third kappa shape index (κ3) is 3.08. The van der Waals surface area contributed by atoms with E-state index in [9.17, 15) is 9.59 Å². The molecule has 3 aromatic rings. The maximum atomic E-state index is 12.3. The van der Waals surface area contributed by atoms with Crippen molar-refractivity contribution in [2.24, 2.45) is 0 Å². The van der Waals surface area contributed by atoms with Crippen LogP contribution in [0.1, 0.15) is 26.4 Å². The molecule has 0 fully saturated rings. The number of fused-ring (bicyclic) bond motifs is 1. The fourth-order valence-corrected chi connectivity index (χ4v) is 2.38. The smallest absolute Gasteiger partial charge is 0.337 e. The molecular weight excluding hydrogens is 292 g/mol. The first-order valence-electron chi connectivity index (χ1n) is 7.16. The first-order chi connectivity index (χ1) is 11.1. The molecule has 3 rings (SSSR count). The second-order valence-electron chi connectivity index (χ2n) is 5.30. The minimum atomic E-state index is -0.408. The standard InChI is InChI=1S/C18H16N2O3/c1-11-3-8-15-13(9-11)10-16(20-15)17(21)19-14-6-4-12(5-7-14)18(22)23-2/h3-10,20H,1-2H3,(H,19,21). The van der Waals surface area contributed by atoms with Gasteiger partial charge in [0.15, 0.2) is 0 Å². The summed E-state index contributed by atoms with van der Waals surface area (Å²) in [5.41, 5.74) is 3.59. The highest BCUT2D eigenvalue weighted by atomic mass is 16.5. The SMILES string of the molecule is COC(=O)c1ccc(NC(=O)c2cc3cc(C)ccc3[nH]2)cc1. The van der Waals surface area contributed by atoms with Crippen LogP contribution < -0.4 is 5.32 Å². The van der Waals surface area contributed by atoms with Crippen LogP contribution in [0.3, 0.4) is 0 Å². The van der Waals surface area contributed by atoms with Crippen molar-refractivity contribution in [1.29, 1.82) is 0 Å². The van der Waals surface area contributed by atoms with Gasteiger partial charge in [0.25, 0.3) is 5.91 Å². The number of ether oxygens (including phenoxy) is 1. The zero-order valence-electron chi connectivity index (χ0n) is 12.8. The number of rotatable bonds is 3. The van der Waals surface area contributed by atoms with Crippen LogP contribution in [0.4, 0.5) is 5.69 Å². The lowest BCUT2D eigenvalue weighted by Gasteiger charge is -2.04. The van der Waals surface area contributed by atoms with Crippen molar-refractivity contribution in [3.63, 3.8) is 0 Å². The lowest BCUT2D eigenvalue weighted by Crippen LogP contribution is -2.12. The first-order valence-corrected chi connectivity index (χ1v) is 7.16. The number of nitrogens with one attached hydrogen (secondary N) is 2. The van der Waals surface area contributed by atoms with Crippen molar-refractivity contribution in [3.05, 3.63) is 65.4 Å². The number of H-pyrrole nitrogens is 1. The summed E-state index contributed by atoms with van der Waals surface area (Å²) in [5, 5.41) is 3.79. The highest BCUT2D eigenvalue weighted by Crippen LogP contribution is 2.18. The van der Waals surface area contributed by atoms with E-state index in [0.717, 1.165) is 16.5 Å². The van der Waals surface area contributed by atoms with Gasteiger partial charge in [-0.2, -0.15) is 0 Å². The molecule has 0 aliphatic rings. The maximum absolute atomic E-state index is 12.3. The van der Waals surface area contributed by atoms with E-state index in [1.807, 2.05) is 31.2 Å². The van der Waals surface area contributed by atoms with Gasteiger partial charge < -0.3 is 15.0 Å². The van der Waals surface area contributed by atoms with Gasteiger partial charge in [-0.15, -0.1) is 0 Å². The number of aromatic amines is 1. The van der Waals surface area contributed by atoms with Crippen LogP contribution in [0.5, 0.6) is 0 Å². The molecule has 1 amide bonds. The van der Waals surface area contributed by atoms with E-state index in [1.54, 1.807) is 24.3 Å². The number of amides is 1. The van der Waals surface area contributed by atoms with Crippen molar-refractivity contribution < 1.29 is 14.3 Å². The van der Waals surface area contributed by atoms with E-state index in [0.29, 0.717) is 16.9 Å². The van der Waals surface area contributed by atoms with Gasteiger partial charge in [-0.25, -0.2) is 4.79 Å². The van der Waals surface area contributed by atoms with Gasteiger partial charge >= 0.3 is 5.97 Å². The number of methoxy groups -OCH3 is 1. The Morgan fingerprint density at radius 3 is 2.48 bits per heavy atom. The number of carbonyl (C=O) groups is 2. The molecule has 23 heavy (non-hydrogen) atoms. The van der Waals surface area contributed by atoms with Gasteiger partial charge in [0.1, 0.15) is 5.69 Å². The van der Waals surface area contributed by atoms with Crippen molar-refractivity contribution in [1.82, 2.24) is 4.98 Å². The number of benzene rings is 2. The van der Waals surface area contributed by atoms with Crippen LogP contribution in [-0.4, -0.2) is 24.0 Å². The highest BCUT2D eigenvalue weighted by Gasteiger charge is 2.11. The summed E-state index contributed by atoms with van der Waals surface area (Å²) in [7, 11) is 1.33. The van der Waals surface area contributed by atoms with Gasteiger partial charge in [-0.05, 0) is 49.4 Å². The zero-order chi connectivity index (χ0) is 16.4. The molecule has 1 aromatic heterocycles. The number of carbonyl (C=O) groups excluding carboxylic acids is 2. The second kappa shape index (κ2) is 5.96.